The Labute approximate surface area is 123 Å². The fourth-order valence-corrected chi connectivity index (χ4v) is 2.13. The summed E-state index contributed by atoms with van der Waals surface area (Å²) in [6, 6.07) is 7.64. The van der Waals surface area contributed by atoms with Crippen molar-refractivity contribution in [2.24, 2.45) is 0 Å². The summed E-state index contributed by atoms with van der Waals surface area (Å²) in [4.78, 5) is 4.48. The van der Waals surface area contributed by atoms with Crippen LogP contribution >= 0.6 is 0 Å². The van der Waals surface area contributed by atoms with Crippen molar-refractivity contribution in [2.45, 2.75) is 19.4 Å². The van der Waals surface area contributed by atoms with Gasteiger partial charge in [-0.1, -0.05) is 19.1 Å². The second kappa shape index (κ2) is 8.95. The van der Waals surface area contributed by atoms with E-state index in [9.17, 15) is 5.11 Å². The van der Waals surface area contributed by atoms with Crippen molar-refractivity contribution >= 4 is 0 Å². The number of aliphatic hydroxyl groups excluding tert-OH is 1. The van der Waals surface area contributed by atoms with Gasteiger partial charge in [0.15, 0.2) is 0 Å². The zero-order valence-electron chi connectivity index (χ0n) is 13.2. The number of hydrogen-bond donors (Lipinski definition) is 1. The van der Waals surface area contributed by atoms with Gasteiger partial charge >= 0.3 is 0 Å². The Morgan fingerprint density at radius 2 is 1.75 bits per heavy atom. The summed E-state index contributed by atoms with van der Waals surface area (Å²) in [6.45, 7) is 5.85. The molecule has 1 atom stereocenters. The minimum Gasteiger partial charge on any atom is -0.497 e. The molecular weight excluding hydrogens is 252 g/mol. The smallest absolute Gasteiger partial charge is 0.118 e. The van der Waals surface area contributed by atoms with Crippen LogP contribution in [0.4, 0.5) is 0 Å². The van der Waals surface area contributed by atoms with Crippen LogP contribution in [0.15, 0.2) is 24.3 Å². The molecule has 0 heterocycles. The first-order valence-electron chi connectivity index (χ1n) is 7.26. The van der Waals surface area contributed by atoms with E-state index >= 15 is 0 Å². The van der Waals surface area contributed by atoms with Gasteiger partial charge in [0.05, 0.1) is 13.2 Å². The molecule has 0 saturated heterocycles. The summed E-state index contributed by atoms with van der Waals surface area (Å²) < 4.78 is 5.14. The highest BCUT2D eigenvalue weighted by Crippen LogP contribution is 2.18. The molecular formula is C16H28N2O2. The van der Waals surface area contributed by atoms with Crippen molar-refractivity contribution in [1.82, 2.24) is 9.80 Å². The molecule has 4 heteroatoms. The van der Waals surface area contributed by atoms with Gasteiger partial charge in [0.25, 0.3) is 0 Å². The highest BCUT2D eigenvalue weighted by molar-refractivity contribution is 5.28. The molecule has 1 N–H and O–H groups in total. The summed E-state index contributed by atoms with van der Waals surface area (Å²) in [7, 11) is 5.80. The first kappa shape index (κ1) is 17.0. The first-order valence-corrected chi connectivity index (χ1v) is 7.26. The number of likely N-dealkylation sites (N-methyl/N-ethyl adjacent to an activating group) is 1. The van der Waals surface area contributed by atoms with Crippen molar-refractivity contribution in [3.05, 3.63) is 29.8 Å². The molecule has 0 amide bonds. The summed E-state index contributed by atoms with van der Waals surface area (Å²) in [5.74, 6) is 0.818. The Kier molecular flexibility index (Phi) is 7.59. The minimum absolute atomic E-state index is 0.449. The van der Waals surface area contributed by atoms with E-state index < -0.39 is 6.10 Å². The monoisotopic (exact) mass is 280 g/mol. The number of methoxy groups -OCH3 is 1. The fraction of sp³-hybridized carbons (Fsp3) is 0.625. The molecule has 0 radical (unpaired) electrons. The van der Waals surface area contributed by atoms with Crippen molar-refractivity contribution in [3.8, 4) is 5.75 Å². The summed E-state index contributed by atoms with van der Waals surface area (Å²) in [5, 5.41) is 10.4. The number of nitrogens with zero attached hydrogens (tertiary/aromatic N) is 2. The van der Waals surface area contributed by atoms with E-state index in [-0.39, 0.29) is 0 Å². The largest absolute Gasteiger partial charge is 0.497 e. The van der Waals surface area contributed by atoms with E-state index in [4.69, 9.17) is 4.74 Å². The highest BCUT2D eigenvalue weighted by Gasteiger charge is 2.13. The van der Waals surface area contributed by atoms with Gasteiger partial charge in [0.2, 0.25) is 0 Å². The number of hydrogen-bond acceptors (Lipinski definition) is 4. The van der Waals surface area contributed by atoms with Gasteiger partial charge in [-0.05, 0) is 44.8 Å². The van der Waals surface area contributed by atoms with Crippen LogP contribution in [0.1, 0.15) is 25.0 Å². The lowest BCUT2D eigenvalue weighted by Gasteiger charge is -2.26. The average molecular weight is 280 g/mol. The zero-order chi connectivity index (χ0) is 15.0. The van der Waals surface area contributed by atoms with Crippen molar-refractivity contribution in [2.75, 3.05) is 47.4 Å². The third-order valence-electron chi connectivity index (χ3n) is 3.33. The molecule has 0 saturated carbocycles. The van der Waals surface area contributed by atoms with Gasteiger partial charge in [-0.15, -0.1) is 0 Å². The van der Waals surface area contributed by atoms with Gasteiger partial charge in [-0.2, -0.15) is 0 Å². The van der Waals surface area contributed by atoms with Crippen LogP contribution in [-0.4, -0.2) is 62.3 Å². The van der Waals surface area contributed by atoms with E-state index in [1.54, 1.807) is 7.11 Å². The molecule has 1 rings (SSSR count). The maximum atomic E-state index is 10.4. The SMILES string of the molecule is CCCN(CCN(C)C)CC(O)c1ccc(OC)cc1. The Hall–Kier alpha value is -1.10. The van der Waals surface area contributed by atoms with Crippen LogP contribution in [0, 0.1) is 0 Å². The molecule has 1 unspecified atom stereocenters. The predicted molar refractivity (Wildman–Crippen MR) is 83.2 cm³/mol. The molecule has 0 bridgehead atoms. The summed E-state index contributed by atoms with van der Waals surface area (Å²) in [5.41, 5.74) is 0.941. The van der Waals surface area contributed by atoms with E-state index in [1.165, 1.54) is 0 Å². The lowest BCUT2D eigenvalue weighted by atomic mass is 10.1. The van der Waals surface area contributed by atoms with Crippen LogP contribution < -0.4 is 4.74 Å². The van der Waals surface area contributed by atoms with Crippen LogP contribution in [0.2, 0.25) is 0 Å². The molecule has 0 aromatic heterocycles. The molecule has 1 aromatic carbocycles. The molecule has 1 aromatic rings. The average Bonchev–Trinajstić information content (AvgIpc) is 2.45. The standard InChI is InChI=1S/C16H28N2O2/c1-5-10-18(12-11-17(2)3)13-16(19)14-6-8-15(20-4)9-7-14/h6-9,16,19H,5,10-13H2,1-4H3. The van der Waals surface area contributed by atoms with E-state index in [2.05, 4.69) is 30.8 Å². The summed E-state index contributed by atoms with van der Waals surface area (Å²) >= 11 is 0. The second-order valence-electron chi connectivity index (χ2n) is 5.39. The van der Waals surface area contributed by atoms with Crippen molar-refractivity contribution in [3.63, 3.8) is 0 Å². The maximum Gasteiger partial charge on any atom is 0.118 e. The van der Waals surface area contributed by atoms with E-state index in [0.29, 0.717) is 6.54 Å². The Bertz CT molecular complexity index is 365. The lowest BCUT2D eigenvalue weighted by Crippen LogP contribution is -2.35. The number of benzene rings is 1. The van der Waals surface area contributed by atoms with Gasteiger partial charge in [0, 0.05) is 19.6 Å². The van der Waals surface area contributed by atoms with Crippen LogP contribution in [-0.2, 0) is 0 Å². The molecule has 20 heavy (non-hydrogen) atoms. The van der Waals surface area contributed by atoms with E-state index in [0.717, 1.165) is 37.4 Å². The lowest BCUT2D eigenvalue weighted by molar-refractivity contribution is 0.108. The maximum absolute atomic E-state index is 10.4. The topological polar surface area (TPSA) is 35.9 Å². The molecule has 0 aliphatic carbocycles. The van der Waals surface area contributed by atoms with Crippen LogP contribution in [0.25, 0.3) is 0 Å². The Balaban J connectivity index is 2.56. The molecule has 0 aliphatic heterocycles. The molecule has 0 fully saturated rings. The van der Waals surface area contributed by atoms with Crippen molar-refractivity contribution < 1.29 is 9.84 Å². The van der Waals surface area contributed by atoms with E-state index in [1.807, 2.05) is 24.3 Å². The third kappa shape index (κ3) is 5.90. The molecule has 0 aliphatic rings. The number of rotatable bonds is 9. The number of ether oxygens (including phenoxy) is 1. The predicted octanol–water partition coefficient (Wildman–Crippen LogP) is 2.00. The van der Waals surface area contributed by atoms with Gasteiger partial charge in [0.1, 0.15) is 5.75 Å². The van der Waals surface area contributed by atoms with Crippen LogP contribution in [0.3, 0.4) is 0 Å². The van der Waals surface area contributed by atoms with Gasteiger partial charge < -0.3 is 14.7 Å². The minimum atomic E-state index is -0.449. The van der Waals surface area contributed by atoms with Crippen LogP contribution in [0.5, 0.6) is 5.75 Å². The molecule has 0 spiro atoms. The molecule has 114 valence electrons. The number of aliphatic hydroxyl groups is 1. The van der Waals surface area contributed by atoms with Crippen molar-refractivity contribution in [1.29, 1.82) is 0 Å². The Morgan fingerprint density at radius 3 is 2.25 bits per heavy atom. The molecule has 4 nitrogen and oxygen atoms in total. The summed E-state index contributed by atoms with van der Waals surface area (Å²) in [6.07, 6.45) is 0.651. The fourth-order valence-electron chi connectivity index (χ4n) is 2.13. The first-order chi connectivity index (χ1) is 9.56. The third-order valence-corrected chi connectivity index (χ3v) is 3.33. The second-order valence-corrected chi connectivity index (χ2v) is 5.39. The van der Waals surface area contributed by atoms with Gasteiger partial charge in [-0.3, -0.25) is 4.90 Å². The normalized spacial score (nSPS) is 12.9. The quantitative estimate of drug-likeness (QED) is 0.750. The highest BCUT2D eigenvalue weighted by atomic mass is 16.5. The zero-order valence-corrected chi connectivity index (χ0v) is 13.2. The Morgan fingerprint density at radius 1 is 1.10 bits per heavy atom. The van der Waals surface area contributed by atoms with Gasteiger partial charge in [-0.25, -0.2) is 0 Å².